The van der Waals surface area contributed by atoms with Crippen molar-refractivity contribution >= 4 is 35.5 Å². The molecule has 0 aliphatic heterocycles. The van der Waals surface area contributed by atoms with Crippen LogP contribution in [0.1, 0.15) is 93.3 Å². The first kappa shape index (κ1) is 38.3. The highest BCUT2D eigenvalue weighted by Crippen LogP contribution is 2.22. The van der Waals surface area contributed by atoms with Gasteiger partial charge in [-0.2, -0.15) is 0 Å². The molecular weight excluding hydrogens is 696 g/mol. The normalized spacial score (nSPS) is 10.6. The Morgan fingerprint density at radius 3 is 1.32 bits per heavy atom. The largest absolute Gasteiger partial charge is 0.494 e. The van der Waals surface area contributed by atoms with Gasteiger partial charge >= 0.3 is 23.9 Å². The zero-order valence-corrected chi connectivity index (χ0v) is 30.0. The molecule has 5 aromatic carbocycles. The van der Waals surface area contributed by atoms with Gasteiger partial charge in [0.25, 0.3) is 0 Å². The molecule has 0 fully saturated rings. The van der Waals surface area contributed by atoms with Crippen molar-refractivity contribution < 1.29 is 42.9 Å². The number of carbonyl (C=O) groups is 4. The van der Waals surface area contributed by atoms with E-state index in [0.29, 0.717) is 28.7 Å². The highest BCUT2D eigenvalue weighted by molar-refractivity contribution is 6.30. The van der Waals surface area contributed by atoms with Crippen LogP contribution in [0.3, 0.4) is 0 Å². The maximum absolute atomic E-state index is 12.9. The van der Waals surface area contributed by atoms with Gasteiger partial charge in [-0.15, -0.1) is 0 Å². The van der Waals surface area contributed by atoms with Crippen LogP contribution < -0.4 is 23.7 Å². The first-order valence-electron chi connectivity index (χ1n) is 17.4. The monoisotopic (exact) mass is 734 g/mol. The average Bonchev–Trinajstić information content (AvgIpc) is 3.17. The molecule has 0 saturated carbocycles. The Morgan fingerprint density at radius 2 is 0.830 bits per heavy atom. The van der Waals surface area contributed by atoms with Crippen LogP contribution in [-0.2, 0) is 0 Å². The molecule has 0 aromatic heterocycles. The van der Waals surface area contributed by atoms with Crippen LogP contribution in [0.15, 0.2) is 121 Å². The Balaban J connectivity index is 1.07. The van der Waals surface area contributed by atoms with Gasteiger partial charge in [0, 0.05) is 5.02 Å². The topological polar surface area (TPSA) is 114 Å². The summed E-state index contributed by atoms with van der Waals surface area (Å²) in [5, 5.41) is 0.518. The van der Waals surface area contributed by atoms with Crippen LogP contribution in [0.2, 0.25) is 5.02 Å². The fourth-order valence-corrected chi connectivity index (χ4v) is 5.23. The van der Waals surface area contributed by atoms with E-state index in [4.69, 9.17) is 35.3 Å². The maximum atomic E-state index is 12.9. The lowest BCUT2D eigenvalue weighted by molar-refractivity contribution is 0.0712. The van der Waals surface area contributed by atoms with Crippen LogP contribution in [0, 0.1) is 0 Å². The number of benzene rings is 5. The molecule has 5 aromatic rings. The van der Waals surface area contributed by atoms with Crippen molar-refractivity contribution in [3.63, 3.8) is 0 Å². The standard InChI is InChI=1S/C43H39ClO9/c1-2-3-4-5-6-7-8-28-49-35-20-12-30(13-21-35)40(45)50-36-22-16-32(17-23-36)42(47)53-39-11-9-10-33(29-39)43(48)52-37-24-14-31(15-25-37)41(46)51-38-26-18-34(44)19-27-38/h9-27,29H,2-8,28H2,1H3. The zero-order valence-electron chi connectivity index (χ0n) is 29.3. The predicted octanol–water partition coefficient (Wildman–Crippen LogP) is 10.3. The molecule has 0 spiro atoms. The average molecular weight is 735 g/mol. The van der Waals surface area contributed by atoms with Crippen molar-refractivity contribution in [1.82, 2.24) is 0 Å². The summed E-state index contributed by atoms with van der Waals surface area (Å²) in [6.45, 7) is 2.85. The molecule has 53 heavy (non-hydrogen) atoms. The lowest BCUT2D eigenvalue weighted by Gasteiger charge is -2.09. The predicted molar refractivity (Wildman–Crippen MR) is 201 cm³/mol. The Hall–Kier alpha value is -5.93. The van der Waals surface area contributed by atoms with Gasteiger partial charge in [0.1, 0.15) is 28.7 Å². The fourth-order valence-electron chi connectivity index (χ4n) is 5.11. The molecule has 10 heteroatoms. The Kier molecular flexibility index (Phi) is 14.2. The van der Waals surface area contributed by atoms with Crippen molar-refractivity contribution in [2.24, 2.45) is 0 Å². The van der Waals surface area contributed by atoms with E-state index in [1.165, 1.54) is 98.8 Å². The molecule has 0 heterocycles. The first-order valence-corrected chi connectivity index (χ1v) is 17.8. The first-order chi connectivity index (χ1) is 25.8. The third kappa shape index (κ3) is 12.1. The molecule has 0 atom stereocenters. The van der Waals surface area contributed by atoms with E-state index >= 15 is 0 Å². The van der Waals surface area contributed by atoms with Crippen LogP contribution in [0.4, 0.5) is 0 Å². The lowest BCUT2D eigenvalue weighted by atomic mass is 10.1. The summed E-state index contributed by atoms with van der Waals surface area (Å²) in [4.78, 5) is 50.8. The minimum absolute atomic E-state index is 0.120. The van der Waals surface area contributed by atoms with Gasteiger partial charge in [-0.1, -0.05) is 63.1 Å². The van der Waals surface area contributed by atoms with E-state index < -0.39 is 23.9 Å². The minimum atomic E-state index is -0.698. The number of rotatable bonds is 17. The van der Waals surface area contributed by atoms with Gasteiger partial charge in [-0.25, -0.2) is 19.2 Å². The number of hydrogen-bond acceptors (Lipinski definition) is 9. The zero-order chi connectivity index (χ0) is 37.4. The van der Waals surface area contributed by atoms with E-state index in [0.717, 1.165) is 12.8 Å². The van der Waals surface area contributed by atoms with Crippen LogP contribution >= 0.6 is 11.6 Å². The molecule has 0 aliphatic rings. The van der Waals surface area contributed by atoms with Gasteiger partial charge in [0.2, 0.25) is 0 Å². The Labute approximate surface area is 313 Å². The lowest BCUT2D eigenvalue weighted by Crippen LogP contribution is -2.12. The summed E-state index contributed by atoms with van der Waals surface area (Å²) in [6.07, 6.45) is 8.45. The van der Waals surface area contributed by atoms with Crippen LogP contribution in [0.5, 0.6) is 28.7 Å². The second-order valence-electron chi connectivity index (χ2n) is 12.1. The minimum Gasteiger partial charge on any atom is -0.494 e. The van der Waals surface area contributed by atoms with Crippen molar-refractivity contribution in [2.75, 3.05) is 6.61 Å². The van der Waals surface area contributed by atoms with Gasteiger partial charge in [0.15, 0.2) is 0 Å². The molecule has 9 nitrogen and oxygen atoms in total. The van der Waals surface area contributed by atoms with E-state index in [1.54, 1.807) is 54.6 Å². The SMILES string of the molecule is CCCCCCCCCOc1ccc(C(=O)Oc2ccc(C(=O)Oc3cccc(C(=O)Oc4ccc(C(=O)Oc5ccc(Cl)cc5)cc4)c3)cc2)cc1. The summed E-state index contributed by atoms with van der Waals surface area (Å²) in [5.74, 6) is -0.909. The summed E-state index contributed by atoms with van der Waals surface area (Å²) in [5.41, 5.74) is 0.957. The van der Waals surface area contributed by atoms with Crippen molar-refractivity contribution in [2.45, 2.75) is 51.9 Å². The Morgan fingerprint density at radius 1 is 0.434 bits per heavy atom. The van der Waals surface area contributed by atoms with E-state index in [1.807, 2.05) is 0 Å². The number of carbonyl (C=O) groups excluding carboxylic acids is 4. The fraction of sp³-hybridized carbons (Fsp3) is 0.209. The Bertz CT molecular complexity index is 1970. The van der Waals surface area contributed by atoms with Gasteiger partial charge in [-0.3, -0.25) is 0 Å². The third-order valence-corrected chi connectivity index (χ3v) is 8.26. The van der Waals surface area contributed by atoms with Gasteiger partial charge < -0.3 is 23.7 Å². The third-order valence-electron chi connectivity index (χ3n) is 8.01. The second-order valence-corrected chi connectivity index (χ2v) is 12.5. The molecule has 0 bridgehead atoms. The number of halogens is 1. The summed E-state index contributed by atoms with van der Waals surface area (Å²) in [7, 11) is 0. The number of hydrogen-bond donors (Lipinski definition) is 0. The summed E-state index contributed by atoms with van der Waals surface area (Å²) in [6, 6.07) is 30.9. The van der Waals surface area contributed by atoms with Gasteiger partial charge in [0.05, 0.1) is 28.9 Å². The molecule has 0 amide bonds. The van der Waals surface area contributed by atoms with E-state index in [9.17, 15) is 19.2 Å². The van der Waals surface area contributed by atoms with Crippen LogP contribution in [-0.4, -0.2) is 30.5 Å². The van der Waals surface area contributed by atoms with Gasteiger partial charge in [-0.05, 0) is 122 Å². The number of ether oxygens (including phenoxy) is 5. The highest BCUT2D eigenvalue weighted by Gasteiger charge is 2.16. The second kappa shape index (κ2) is 19.6. The molecule has 272 valence electrons. The number of esters is 4. The van der Waals surface area contributed by atoms with Crippen molar-refractivity contribution in [3.05, 3.63) is 149 Å². The molecule has 0 radical (unpaired) electrons. The smallest absolute Gasteiger partial charge is 0.343 e. The van der Waals surface area contributed by atoms with Crippen LogP contribution in [0.25, 0.3) is 0 Å². The number of unbranched alkanes of at least 4 members (excludes halogenated alkanes) is 6. The highest BCUT2D eigenvalue weighted by atomic mass is 35.5. The summed E-state index contributed by atoms with van der Waals surface area (Å²) >= 11 is 5.86. The molecule has 0 aliphatic carbocycles. The molecule has 0 N–H and O–H groups in total. The summed E-state index contributed by atoms with van der Waals surface area (Å²) < 4.78 is 27.5. The maximum Gasteiger partial charge on any atom is 0.343 e. The molecule has 0 saturated heterocycles. The molecule has 5 rings (SSSR count). The van der Waals surface area contributed by atoms with Crippen molar-refractivity contribution in [3.8, 4) is 28.7 Å². The van der Waals surface area contributed by atoms with Crippen molar-refractivity contribution in [1.29, 1.82) is 0 Å². The van der Waals surface area contributed by atoms with E-state index in [-0.39, 0.29) is 33.9 Å². The quantitative estimate of drug-likeness (QED) is 0.0523. The van der Waals surface area contributed by atoms with E-state index in [2.05, 4.69) is 6.92 Å². The molecule has 0 unspecified atom stereocenters. The molecular formula is C43H39ClO9.